The Morgan fingerprint density at radius 1 is 1.38 bits per heavy atom. The standard InChI is InChI=1S/C10H16N2O/c1-7(2)6-9(10(13)11-5)12-8(3)4/h6H,1H2,2-5H3,(H,11,13)/b9-6-. The topological polar surface area (TPSA) is 41.5 Å². The van der Waals surface area contributed by atoms with Crippen LogP contribution in [0.5, 0.6) is 0 Å². The summed E-state index contributed by atoms with van der Waals surface area (Å²) in [6.07, 6.45) is 1.66. The molecule has 1 N–H and O–H groups in total. The number of hydrogen-bond donors (Lipinski definition) is 1. The summed E-state index contributed by atoms with van der Waals surface area (Å²) in [6.45, 7) is 9.20. The molecule has 0 atom stereocenters. The molecular formula is C10H16N2O. The van der Waals surface area contributed by atoms with Gasteiger partial charge < -0.3 is 5.32 Å². The van der Waals surface area contributed by atoms with E-state index in [1.54, 1.807) is 13.1 Å². The minimum Gasteiger partial charge on any atom is -0.354 e. The Morgan fingerprint density at radius 2 is 1.92 bits per heavy atom. The third kappa shape index (κ3) is 4.95. The Balaban J connectivity index is 4.87. The summed E-state index contributed by atoms with van der Waals surface area (Å²) in [5, 5.41) is 2.52. The van der Waals surface area contributed by atoms with Crippen LogP contribution in [0.3, 0.4) is 0 Å². The van der Waals surface area contributed by atoms with Crippen LogP contribution in [0.4, 0.5) is 0 Å². The first-order valence-electron chi connectivity index (χ1n) is 4.08. The number of allylic oxidation sites excluding steroid dienone is 2. The molecule has 0 saturated heterocycles. The van der Waals surface area contributed by atoms with Crippen molar-refractivity contribution in [3.8, 4) is 0 Å². The Labute approximate surface area is 79.3 Å². The van der Waals surface area contributed by atoms with Crippen LogP contribution < -0.4 is 5.32 Å². The summed E-state index contributed by atoms with van der Waals surface area (Å²) in [7, 11) is 1.58. The van der Waals surface area contributed by atoms with Crippen molar-refractivity contribution in [2.24, 2.45) is 4.99 Å². The smallest absolute Gasteiger partial charge is 0.269 e. The van der Waals surface area contributed by atoms with Gasteiger partial charge in [-0.3, -0.25) is 9.79 Å². The van der Waals surface area contributed by atoms with Gasteiger partial charge in [0.05, 0.1) is 0 Å². The molecule has 0 unspecified atom stereocenters. The Bertz CT molecular complexity index is 271. The van der Waals surface area contributed by atoms with Gasteiger partial charge in [0.1, 0.15) is 5.70 Å². The molecule has 0 radical (unpaired) electrons. The van der Waals surface area contributed by atoms with E-state index >= 15 is 0 Å². The molecule has 72 valence electrons. The summed E-state index contributed by atoms with van der Waals surface area (Å²) in [4.78, 5) is 15.3. The molecule has 0 saturated carbocycles. The highest BCUT2D eigenvalue weighted by molar-refractivity contribution is 5.96. The number of aliphatic imine (C=N–C) groups is 1. The summed E-state index contributed by atoms with van der Waals surface area (Å²) < 4.78 is 0. The highest BCUT2D eigenvalue weighted by Gasteiger charge is 2.04. The molecule has 0 aromatic carbocycles. The lowest BCUT2D eigenvalue weighted by Gasteiger charge is -2.00. The molecule has 0 aromatic rings. The van der Waals surface area contributed by atoms with Gasteiger partial charge in [-0.1, -0.05) is 12.2 Å². The van der Waals surface area contributed by atoms with Crippen molar-refractivity contribution in [2.45, 2.75) is 20.8 Å². The van der Waals surface area contributed by atoms with Crippen LogP contribution in [-0.2, 0) is 4.79 Å². The maximum atomic E-state index is 11.3. The van der Waals surface area contributed by atoms with Crippen molar-refractivity contribution in [3.63, 3.8) is 0 Å². The van der Waals surface area contributed by atoms with Crippen molar-refractivity contribution in [2.75, 3.05) is 7.05 Å². The number of carbonyl (C=O) groups excluding carboxylic acids is 1. The summed E-state index contributed by atoms with van der Waals surface area (Å²) in [6, 6.07) is 0. The minimum atomic E-state index is -0.191. The van der Waals surface area contributed by atoms with Gasteiger partial charge in [-0.2, -0.15) is 0 Å². The van der Waals surface area contributed by atoms with Crippen molar-refractivity contribution in [1.29, 1.82) is 0 Å². The predicted octanol–water partition coefficient (Wildman–Crippen LogP) is 1.67. The van der Waals surface area contributed by atoms with Crippen LogP contribution in [-0.4, -0.2) is 18.7 Å². The van der Waals surface area contributed by atoms with Crippen molar-refractivity contribution in [1.82, 2.24) is 5.32 Å². The molecule has 3 heteroatoms. The van der Waals surface area contributed by atoms with Gasteiger partial charge >= 0.3 is 0 Å². The molecular weight excluding hydrogens is 164 g/mol. The molecule has 0 bridgehead atoms. The molecule has 3 nitrogen and oxygen atoms in total. The molecule has 0 spiro atoms. The summed E-state index contributed by atoms with van der Waals surface area (Å²) in [5.74, 6) is -0.191. The Morgan fingerprint density at radius 3 is 2.23 bits per heavy atom. The molecule has 13 heavy (non-hydrogen) atoms. The van der Waals surface area contributed by atoms with Crippen molar-refractivity contribution in [3.05, 3.63) is 23.9 Å². The Kier molecular flexibility index (Phi) is 4.74. The fourth-order valence-electron chi connectivity index (χ4n) is 0.751. The Hall–Kier alpha value is -1.38. The minimum absolute atomic E-state index is 0.191. The third-order valence-corrected chi connectivity index (χ3v) is 1.19. The van der Waals surface area contributed by atoms with E-state index in [2.05, 4.69) is 16.9 Å². The zero-order valence-electron chi connectivity index (χ0n) is 8.64. The zero-order valence-corrected chi connectivity index (χ0v) is 8.64. The molecule has 0 aliphatic rings. The largest absolute Gasteiger partial charge is 0.354 e. The highest BCUT2D eigenvalue weighted by atomic mass is 16.1. The average Bonchev–Trinajstić information content (AvgIpc) is 2.00. The van der Waals surface area contributed by atoms with E-state index in [1.165, 1.54) is 0 Å². The highest BCUT2D eigenvalue weighted by Crippen LogP contribution is 2.02. The van der Waals surface area contributed by atoms with Crippen molar-refractivity contribution < 1.29 is 4.79 Å². The summed E-state index contributed by atoms with van der Waals surface area (Å²) in [5.41, 5.74) is 2.05. The van der Waals surface area contributed by atoms with Gasteiger partial charge in [-0.05, 0) is 26.8 Å². The second-order valence-electron chi connectivity index (χ2n) is 3.01. The molecule has 0 aromatic heterocycles. The van der Waals surface area contributed by atoms with Crippen LogP contribution in [0, 0.1) is 0 Å². The lowest BCUT2D eigenvalue weighted by molar-refractivity contribution is -0.117. The van der Waals surface area contributed by atoms with E-state index in [1.807, 2.05) is 20.8 Å². The molecule has 0 fully saturated rings. The van der Waals surface area contributed by atoms with Crippen LogP contribution in [0.1, 0.15) is 20.8 Å². The quantitative estimate of drug-likeness (QED) is 0.400. The van der Waals surface area contributed by atoms with Gasteiger partial charge in [0, 0.05) is 12.8 Å². The van der Waals surface area contributed by atoms with Gasteiger partial charge in [-0.15, -0.1) is 0 Å². The fourth-order valence-corrected chi connectivity index (χ4v) is 0.751. The first-order chi connectivity index (χ1) is 5.97. The molecule has 0 aliphatic carbocycles. The monoisotopic (exact) mass is 180 g/mol. The predicted molar refractivity (Wildman–Crippen MR) is 55.7 cm³/mol. The molecule has 1 amide bonds. The van der Waals surface area contributed by atoms with E-state index in [0.717, 1.165) is 11.3 Å². The normalized spacial score (nSPS) is 10.6. The van der Waals surface area contributed by atoms with E-state index in [9.17, 15) is 4.79 Å². The van der Waals surface area contributed by atoms with E-state index in [0.29, 0.717) is 5.70 Å². The lowest BCUT2D eigenvalue weighted by Crippen LogP contribution is -2.19. The SMILES string of the molecule is C=C(C)/C=C(\N=C(C)C)C(=O)NC. The number of amides is 1. The van der Waals surface area contributed by atoms with Crippen molar-refractivity contribution >= 4 is 11.6 Å². The molecule has 0 rings (SSSR count). The van der Waals surface area contributed by atoms with Crippen LogP contribution in [0.25, 0.3) is 0 Å². The number of nitrogens with one attached hydrogen (secondary N) is 1. The van der Waals surface area contributed by atoms with Crippen LogP contribution in [0.2, 0.25) is 0 Å². The first kappa shape index (κ1) is 11.6. The van der Waals surface area contributed by atoms with Crippen LogP contribution in [0.15, 0.2) is 28.9 Å². The van der Waals surface area contributed by atoms with Gasteiger partial charge in [-0.25, -0.2) is 0 Å². The maximum Gasteiger partial charge on any atom is 0.269 e. The maximum absolute atomic E-state index is 11.3. The second-order valence-corrected chi connectivity index (χ2v) is 3.01. The third-order valence-electron chi connectivity index (χ3n) is 1.19. The fraction of sp³-hybridized carbons (Fsp3) is 0.400. The zero-order chi connectivity index (χ0) is 10.4. The number of rotatable bonds is 3. The van der Waals surface area contributed by atoms with Gasteiger partial charge in [0.15, 0.2) is 0 Å². The first-order valence-corrected chi connectivity index (χ1v) is 4.08. The molecule has 0 heterocycles. The van der Waals surface area contributed by atoms with E-state index < -0.39 is 0 Å². The number of nitrogens with zero attached hydrogens (tertiary/aromatic N) is 1. The van der Waals surface area contributed by atoms with E-state index in [-0.39, 0.29) is 5.91 Å². The van der Waals surface area contributed by atoms with Gasteiger partial charge in [0.25, 0.3) is 5.91 Å². The summed E-state index contributed by atoms with van der Waals surface area (Å²) >= 11 is 0. The number of likely N-dealkylation sites (N-methyl/N-ethyl adjacent to an activating group) is 1. The van der Waals surface area contributed by atoms with Gasteiger partial charge in [0.2, 0.25) is 0 Å². The number of carbonyl (C=O) groups is 1. The van der Waals surface area contributed by atoms with E-state index in [4.69, 9.17) is 0 Å². The molecule has 0 aliphatic heterocycles. The number of hydrogen-bond acceptors (Lipinski definition) is 2. The van der Waals surface area contributed by atoms with Crippen LogP contribution >= 0.6 is 0 Å². The second kappa shape index (κ2) is 5.30. The lowest BCUT2D eigenvalue weighted by atomic mass is 10.2. The average molecular weight is 180 g/mol.